The van der Waals surface area contributed by atoms with E-state index in [1.54, 1.807) is 28.6 Å². The highest BCUT2D eigenvalue weighted by Crippen LogP contribution is 2.21. The number of nitrogens with zero attached hydrogens (tertiary/aromatic N) is 1. The van der Waals surface area contributed by atoms with Gasteiger partial charge in [0.25, 0.3) is 0 Å². The smallest absolute Gasteiger partial charge is 0.249 e. The average molecular weight is 381 g/mol. The van der Waals surface area contributed by atoms with Crippen LogP contribution in [0.2, 0.25) is 0 Å². The number of piperidine rings is 1. The van der Waals surface area contributed by atoms with Gasteiger partial charge in [-0.25, -0.2) is 8.42 Å². The van der Waals surface area contributed by atoms with Gasteiger partial charge in [-0.3, -0.25) is 4.79 Å². The molecule has 1 aromatic rings. The Hall–Kier alpha value is -1.48. The van der Waals surface area contributed by atoms with Crippen molar-refractivity contribution in [2.45, 2.75) is 55.8 Å². The Balaban J connectivity index is 1.55. The number of ether oxygens (including phenoxy) is 1. The summed E-state index contributed by atoms with van der Waals surface area (Å²) in [5, 5.41) is 2.84. The van der Waals surface area contributed by atoms with E-state index in [1.165, 1.54) is 0 Å². The Labute approximate surface area is 154 Å². The van der Waals surface area contributed by atoms with Crippen LogP contribution < -0.4 is 11.1 Å². The van der Waals surface area contributed by atoms with Gasteiger partial charge in [-0.05, 0) is 43.4 Å². The van der Waals surface area contributed by atoms with E-state index in [9.17, 15) is 13.2 Å². The van der Waals surface area contributed by atoms with E-state index in [1.807, 2.05) is 0 Å². The third kappa shape index (κ3) is 4.43. The van der Waals surface area contributed by atoms with E-state index < -0.39 is 16.1 Å². The van der Waals surface area contributed by atoms with Crippen molar-refractivity contribution >= 4 is 15.9 Å². The molecule has 1 aromatic carbocycles. The first kappa shape index (κ1) is 19.3. The normalized spacial score (nSPS) is 24.5. The monoisotopic (exact) mass is 381 g/mol. The largest absolute Gasteiger partial charge is 0.364 e. The molecule has 2 saturated heterocycles. The van der Waals surface area contributed by atoms with Crippen LogP contribution in [0.3, 0.4) is 0 Å². The van der Waals surface area contributed by atoms with Crippen molar-refractivity contribution in [1.82, 2.24) is 9.62 Å². The maximum atomic E-state index is 12.6. The molecule has 8 heteroatoms. The zero-order valence-corrected chi connectivity index (χ0v) is 15.7. The summed E-state index contributed by atoms with van der Waals surface area (Å²) in [5.74, 6) is -0.147. The Bertz CT molecular complexity index is 714. The lowest BCUT2D eigenvalue weighted by atomic mass is 10.2. The fourth-order valence-electron chi connectivity index (χ4n) is 3.41. The molecule has 0 aromatic heterocycles. The number of amides is 1. The molecule has 2 fully saturated rings. The topological polar surface area (TPSA) is 102 Å². The SMILES string of the molecule is NC[C@H]1CC[C@@H](C(=O)NCc2ccc(S(=O)(=O)N3CCCCC3)cc2)O1. The number of benzene rings is 1. The van der Waals surface area contributed by atoms with Crippen LogP contribution in [-0.2, 0) is 26.1 Å². The van der Waals surface area contributed by atoms with Gasteiger partial charge < -0.3 is 15.8 Å². The summed E-state index contributed by atoms with van der Waals surface area (Å²) >= 11 is 0. The minimum atomic E-state index is -3.42. The second-order valence-corrected chi connectivity index (χ2v) is 8.82. The van der Waals surface area contributed by atoms with E-state index >= 15 is 0 Å². The van der Waals surface area contributed by atoms with Gasteiger partial charge in [-0.2, -0.15) is 4.31 Å². The van der Waals surface area contributed by atoms with Crippen LogP contribution in [0.1, 0.15) is 37.7 Å². The minimum absolute atomic E-state index is 0.0370. The molecule has 3 rings (SSSR count). The summed E-state index contributed by atoms with van der Waals surface area (Å²) < 4.78 is 32.4. The molecule has 0 unspecified atom stereocenters. The van der Waals surface area contributed by atoms with E-state index in [-0.39, 0.29) is 12.0 Å². The van der Waals surface area contributed by atoms with Crippen molar-refractivity contribution < 1.29 is 17.9 Å². The Morgan fingerprint density at radius 1 is 1.15 bits per heavy atom. The maximum Gasteiger partial charge on any atom is 0.249 e. The van der Waals surface area contributed by atoms with Crippen LogP contribution in [0.25, 0.3) is 0 Å². The lowest BCUT2D eigenvalue weighted by Gasteiger charge is -2.25. The van der Waals surface area contributed by atoms with Crippen LogP contribution >= 0.6 is 0 Å². The Kier molecular flexibility index (Phi) is 6.29. The molecule has 1 amide bonds. The summed E-state index contributed by atoms with van der Waals surface area (Å²) in [6.45, 7) is 1.95. The third-order valence-corrected chi connectivity index (χ3v) is 6.92. The van der Waals surface area contributed by atoms with E-state index in [0.717, 1.165) is 31.2 Å². The van der Waals surface area contributed by atoms with Crippen molar-refractivity contribution in [2.24, 2.45) is 5.73 Å². The molecule has 144 valence electrons. The zero-order chi connectivity index (χ0) is 18.6. The number of nitrogens with one attached hydrogen (secondary N) is 1. The molecule has 0 saturated carbocycles. The highest BCUT2D eigenvalue weighted by atomic mass is 32.2. The molecule has 0 radical (unpaired) electrons. The molecular formula is C18H27N3O4S. The van der Waals surface area contributed by atoms with Crippen LogP contribution in [0.5, 0.6) is 0 Å². The lowest BCUT2D eigenvalue weighted by molar-refractivity contribution is -0.132. The fourth-order valence-corrected chi connectivity index (χ4v) is 4.93. The van der Waals surface area contributed by atoms with Crippen molar-refractivity contribution in [1.29, 1.82) is 0 Å². The quantitative estimate of drug-likeness (QED) is 0.765. The van der Waals surface area contributed by atoms with Gasteiger partial charge >= 0.3 is 0 Å². The number of nitrogens with two attached hydrogens (primary N) is 1. The van der Waals surface area contributed by atoms with Crippen molar-refractivity contribution in [3.05, 3.63) is 29.8 Å². The summed E-state index contributed by atoms with van der Waals surface area (Å²) in [6, 6.07) is 6.72. The number of sulfonamides is 1. The van der Waals surface area contributed by atoms with Crippen molar-refractivity contribution in [2.75, 3.05) is 19.6 Å². The Morgan fingerprint density at radius 3 is 2.46 bits per heavy atom. The molecule has 2 heterocycles. The molecule has 0 aliphatic carbocycles. The third-order valence-electron chi connectivity index (χ3n) is 5.01. The highest BCUT2D eigenvalue weighted by Gasteiger charge is 2.29. The average Bonchev–Trinajstić information content (AvgIpc) is 3.16. The number of rotatable bonds is 6. The van der Waals surface area contributed by atoms with Gasteiger partial charge in [0.05, 0.1) is 11.0 Å². The molecule has 3 N–H and O–H groups in total. The van der Waals surface area contributed by atoms with E-state index in [0.29, 0.717) is 37.5 Å². The summed E-state index contributed by atoms with van der Waals surface area (Å²) in [4.78, 5) is 12.4. The minimum Gasteiger partial charge on any atom is -0.364 e. The van der Waals surface area contributed by atoms with Crippen molar-refractivity contribution in [3.63, 3.8) is 0 Å². The molecule has 7 nitrogen and oxygen atoms in total. The Morgan fingerprint density at radius 2 is 1.85 bits per heavy atom. The molecule has 26 heavy (non-hydrogen) atoms. The first-order valence-electron chi connectivity index (χ1n) is 9.23. The van der Waals surface area contributed by atoms with Gasteiger partial charge in [-0.1, -0.05) is 18.6 Å². The maximum absolute atomic E-state index is 12.6. The molecule has 0 bridgehead atoms. The molecule has 2 aliphatic heterocycles. The predicted molar refractivity (Wildman–Crippen MR) is 97.8 cm³/mol. The molecule has 0 spiro atoms. The second-order valence-electron chi connectivity index (χ2n) is 6.89. The number of carbonyl (C=O) groups excluding carboxylic acids is 1. The summed E-state index contributed by atoms with van der Waals surface area (Å²) in [5.41, 5.74) is 6.41. The van der Waals surface area contributed by atoms with Gasteiger partial charge in [-0.15, -0.1) is 0 Å². The van der Waals surface area contributed by atoms with E-state index in [4.69, 9.17) is 10.5 Å². The van der Waals surface area contributed by atoms with Gasteiger partial charge in [0.1, 0.15) is 6.10 Å². The van der Waals surface area contributed by atoms with Crippen LogP contribution in [0.4, 0.5) is 0 Å². The fraction of sp³-hybridized carbons (Fsp3) is 0.611. The van der Waals surface area contributed by atoms with Crippen molar-refractivity contribution in [3.8, 4) is 0 Å². The zero-order valence-electron chi connectivity index (χ0n) is 14.9. The predicted octanol–water partition coefficient (Wildman–Crippen LogP) is 0.984. The molecule has 2 aliphatic rings. The summed E-state index contributed by atoms with van der Waals surface area (Å²) in [7, 11) is -3.42. The lowest BCUT2D eigenvalue weighted by Crippen LogP contribution is -2.35. The first-order valence-corrected chi connectivity index (χ1v) is 10.7. The van der Waals surface area contributed by atoms with Gasteiger partial charge in [0.15, 0.2) is 0 Å². The van der Waals surface area contributed by atoms with E-state index in [2.05, 4.69) is 5.32 Å². The highest BCUT2D eigenvalue weighted by molar-refractivity contribution is 7.89. The number of hydrogen-bond donors (Lipinski definition) is 2. The van der Waals surface area contributed by atoms with Crippen LogP contribution in [-0.4, -0.2) is 50.5 Å². The van der Waals surface area contributed by atoms with Crippen LogP contribution in [0, 0.1) is 0 Å². The molecular weight excluding hydrogens is 354 g/mol. The first-order chi connectivity index (χ1) is 12.5. The molecule has 2 atom stereocenters. The summed E-state index contributed by atoms with van der Waals surface area (Å²) in [6.07, 6.45) is 3.92. The number of carbonyl (C=O) groups is 1. The number of hydrogen-bond acceptors (Lipinski definition) is 5. The van der Waals surface area contributed by atoms with Gasteiger partial charge in [0, 0.05) is 26.2 Å². The van der Waals surface area contributed by atoms with Crippen LogP contribution in [0.15, 0.2) is 29.2 Å². The van der Waals surface area contributed by atoms with Gasteiger partial charge in [0.2, 0.25) is 15.9 Å². The second kappa shape index (κ2) is 8.47. The standard InChI is InChI=1S/C18H27N3O4S/c19-12-15-6-9-17(25-15)18(22)20-13-14-4-7-16(8-5-14)26(23,24)21-10-2-1-3-11-21/h4-5,7-8,15,17H,1-3,6,9-13,19H2,(H,20,22)/t15-,17+/m1/s1.